The SMILES string of the molecule is COC(=O)c1ccc(Cl)c(NC(=O)c2cc(C(=O)NCC(C)C)ccn2)c1. The number of anilines is 1. The van der Waals surface area contributed by atoms with Crippen molar-refractivity contribution >= 4 is 35.1 Å². The number of methoxy groups -OCH3 is 1. The topological polar surface area (TPSA) is 97.4 Å². The fraction of sp³-hybridized carbons (Fsp3) is 0.263. The van der Waals surface area contributed by atoms with Crippen LogP contribution in [0.1, 0.15) is 45.1 Å². The molecule has 1 heterocycles. The van der Waals surface area contributed by atoms with Crippen LogP contribution in [0, 0.1) is 5.92 Å². The van der Waals surface area contributed by atoms with Gasteiger partial charge in [-0.1, -0.05) is 25.4 Å². The second-order valence-electron chi connectivity index (χ2n) is 6.17. The van der Waals surface area contributed by atoms with Crippen molar-refractivity contribution < 1.29 is 19.1 Å². The first-order chi connectivity index (χ1) is 12.8. The number of nitrogens with one attached hydrogen (secondary N) is 2. The maximum Gasteiger partial charge on any atom is 0.337 e. The van der Waals surface area contributed by atoms with Gasteiger partial charge in [-0.3, -0.25) is 14.6 Å². The van der Waals surface area contributed by atoms with E-state index in [9.17, 15) is 14.4 Å². The molecule has 0 unspecified atom stereocenters. The van der Waals surface area contributed by atoms with Crippen LogP contribution in [-0.2, 0) is 4.74 Å². The Balaban J connectivity index is 2.18. The van der Waals surface area contributed by atoms with E-state index in [4.69, 9.17) is 11.6 Å². The lowest BCUT2D eigenvalue weighted by Crippen LogP contribution is -2.27. The van der Waals surface area contributed by atoms with Gasteiger partial charge in [-0.25, -0.2) is 4.79 Å². The number of hydrogen-bond donors (Lipinski definition) is 2. The summed E-state index contributed by atoms with van der Waals surface area (Å²) in [6, 6.07) is 7.29. The Morgan fingerprint density at radius 1 is 1.11 bits per heavy atom. The lowest BCUT2D eigenvalue weighted by atomic mass is 10.1. The Labute approximate surface area is 162 Å². The summed E-state index contributed by atoms with van der Waals surface area (Å²) in [7, 11) is 1.26. The molecule has 27 heavy (non-hydrogen) atoms. The summed E-state index contributed by atoms with van der Waals surface area (Å²) in [6.07, 6.45) is 1.38. The van der Waals surface area contributed by atoms with Gasteiger partial charge in [0.2, 0.25) is 0 Å². The molecule has 7 nitrogen and oxygen atoms in total. The van der Waals surface area contributed by atoms with Gasteiger partial charge in [0.25, 0.3) is 11.8 Å². The Morgan fingerprint density at radius 2 is 1.85 bits per heavy atom. The second-order valence-corrected chi connectivity index (χ2v) is 6.58. The van der Waals surface area contributed by atoms with Crippen molar-refractivity contribution in [3.8, 4) is 0 Å². The average molecular weight is 390 g/mol. The van der Waals surface area contributed by atoms with Crippen LogP contribution in [0.15, 0.2) is 36.5 Å². The van der Waals surface area contributed by atoms with Crippen LogP contribution < -0.4 is 10.6 Å². The van der Waals surface area contributed by atoms with Gasteiger partial charge in [-0.05, 0) is 36.2 Å². The van der Waals surface area contributed by atoms with E-state index >= 15 is 0 Å². The molecule has 142 valence electrons. The zero-order chi connectivity index (χ0) is 20.0. The molecule has 1 aromatic heterocycles. The van der Waals surface area contributed by atoms with Gasteiger partial charge < -0.3 is 15.4 Å². The fourth-order valence-electron chi connectivity index (χ4n) is 2.15. The molecular weight excluding hydrogens is 370 g/mol. The number of amides is 2. The average Bonchev–Trinajstić information content (AvgIpc) is 2.67. The zero-order valence-electron chi connectivity index (χ0n) is 15.2. The number of halogens is 1. The summed E-state index contributed by atoms with van der Waals surface area (Å²) >= 11 is 6.08. The number of carbonyl (C=O) groups excluding carboxylic acids is 3. The molecule has 0 atom stereocenters. The van der Waals surface area contributed by atoms with Crippen LogP contribution in [0.5, 0.6) is 0 Å². The summed E-state index contributed by atoms with van der Waals surface area (Å²) in [4.78, 5) is 40.2. The highest BCUT2D eigenvalue weighted by Crippen LogP contribution is 2.24. The summed E-state index contributed by atoms with van der Waals surface area (Å²) in [5.41, 5.74) is 0.852. The molecule has 0 aliphatic rings. The minimum absolute atomic E-state index is 0.0479. The van der Waals surface area contributed by atoms with E-state index in [1.54, 1.807) is 0 Å². The van der Waals surface area contributed by atoms with Crippen LogP contribution >= 0.6 is 11.6 Å². The monoisotopic (exact) mass is 389 g/mol. The van der Waals surface area contributed by atoms with Crippen molar-refractivity contribution in [2.24, 2.45) is 5.92 Å². The van der Waals surface area contributed by atoms with E-state index in [1.807, 2.05) is 13.8 Å². The first kappa shape index (κ1) is 20.4. The van der Waals surface area contributed by atoms with Crippen LogP contribution in [0.25, 0.3) is 0 Å². The second kappa shape index (κ2) is 9.14. The molecule has 0 fully saturated rings. The number of pyridine rings is 1. The number of benzene rings is 1. The maximum atomic E-state index is 12.5. The molecule has 0 aliphatic carbocycles. The number of aromatic nitrogens is 1. The van der Waals surface area contributed by atoms with Crippen molar-refractivity contribution in [2.75, 3.05) is 19.0 Å². The molecule has 2 rings (SSSR count). The van der Waals surface area contributed by atoms with Crippen molar-refractivity contribution in [1.82, 2.24) is 10.3 Å². The number of rotatable bonds is 6. The lowest BCUT2D eigenvalue weighted by Gasteiger charge is -2.10. The van der Waals surface area contributed by atoms with E-state index in [1.165, 1.54) is 43.6 Å². The van der Waals surface area contributed by atoms with Gasteiger partial charge in [-0.15, -0.1) is 0 Å². The van der Waals surface area contributed by atoms with Crippen LogP contribution in [0.2, 0.25) is 5.02 Å². The van der Waals surface area contributed by atoms with Crippen molar-refractivity contribution in [3.63, 3.8) is 0 Å². The smallest absolute Gasteiger partial charge is 0.337 e. The molecule has 0 radical (unpaired) electrons. The third-order valence-corrected chi connectivity index (χ3v) is 3.89. The molecule has 0 spiro atoms. The quantitative estimate of drug-likeness (QED) is 0.739. The predicted molar refractivity (Wildman–Crippen MR) is 102 cm³/mol. The third kappa shape index (κ3) is 5.52. The first-order valence-electron chi connectivity index (χ1n) is 8.25. The Morgan fingerprint density at radius 3 is 2.52 bits per heavy atom. The standard InChI is InChI=1S/C19H20ClN3O4/c1-11(2)10-22-17(24)12-6-7-21-16(8-12)18(25)23-15-9-13(19(26)27-3)4-5-14(15)20/h4-9,11H,10H2,1-3H3,(H,22,24)(H,23,25). The van der Waals surface area contributed by atoms with Gasteiger partial charge in [0.15, 0.2) is 0 Å². The molecule has 8 heteroatoms. The fourth-order valence-corrected chi connectivity index (χ4v) is 2.31. The highest BCUT2D eigenvalue weighted by molar-refractivity contribution is 6.34. The highest BCUT2D eigenvalue weighted by Gasteiger charge is 2.15. The minimum atomic E-state index is -0.558. The molecule has 1 aromatic carbocycles. The van der Waals surface area contributed by atoms with Gasteiger partial charge in [0, 0.05) is 18.3 Å². The molecule has 0 saturated heterocycles. The number of hydrogen-bond acceptors (Lipinski definition) is 5. The third-order valence-electron chi connectivity index (χ3n) is 3.56. The van der Waals surface area contributed by atoms with E-state index in [2.05, 4.69) is 20.4 Å². The summed E-state index contributed by atoms with van der Waals surface area (Å²) in [5, 5.41) is 5.62. The number of ether oxygens (including phenoxy) is 1. The van der Waals surface area contributed by atoms with E-state index in [0.29, 0.717) is 18.0 Å². The Hall–Kier alpha value is -2.93. The van der Waals surface area contributed by atoms with Crippen molar-refractivity contribution in [3.05, 3.63) is 58.4 Å². The largest absolute Gasteiger partial charge is 0.465 e. The summed E-state index contributed by atoms with van der Waals surface area (Å²) in [6.45, 7) is 4.49. The van der Waals surface area contributed by atoms with Gasteiger partial charge in [-0.2, -0.15) is 0 Å². The van der Waals surface area contributed by atoms with E-state index in [0.717, 1.165) is 0 Å². The molecular formula is C19H20ClN3O4. The molecule has 2 aromatic rings. The van der Waals surface area contributed by atoms with Crippen molar-refractivity contribution in [1.29, 1.82) is 0 Å². The van der Waals surface area contributed by atoms with Crippen LogP contribution in [-0.4, -0.2) is 36.4 Å². The summed E-state index contributed by atoms with van der Waals surface area (Å²) < 4.78 is 4.65. The van der Waals surface area contributed by atoms with Gasteiger partial charge in [0.1, 0.15) is 5.69 Å². The first-order valence-corrected chi connectivity index (χ1v) is 8.63. The molecule has 0 bridgehead atoms. The minimum Gasteiger partial charge on any atom is -0.465 e. The van der Waals surface area contributed by atoms with Crippen LogP contribution in [0.3, 0.4) is 0 Å². The van der Waals surface area contributed by atoms with Gasteiger partial charge >= 0.3 is 5.97 Å². The Bertz CT molecular complexity index is 868. The maximum absolute atomic E-state index is 12.5. The predicted octanol–water partition coefficient (Wildman–Crippen LogP) is 3.16. The van der Waals surface area contributed by atoms with Crippen molar-refractivity contribution in [2.45, 2.75) is 13.8 Å². The highest BCUT2D eigenvalue weighted by atomic mass is 35.5. The number of carbonyl (C=O) groups is 3. The zero-order valence-corrected chi connectivity index (χ0v) is 16.0. The normalized spacial score (nSPS) is 10.4. The molecule has 0 aliphatic heterocycles. The number of esters is 1. The lowest BCUT2D eigenvalue weighted by molar-refractivity contribution is 0.0600. The molecule has 0 saturated carbocycles. The molecule has 2 N–H and O–H groups in total. The number of nitrogens with zero attached hydrogens (tertiary/aromatic N) is 1. The Kier molecular flexibility index (Phi) is 6.90. The van der Waals surface area contributed by atoms with Gasteiger partial charge in [0.05, 0.1) is 23.4 Å². The van der Waals surface area contributed by atoms with Crippen LogP contribution in [0.4, 0.5) is 5.69 Å². The molecule has 2 amide bonds. The summed E-state index contributed by atoms with van der Waals surface area (Å²) in [5.74, 6) is -1.09. The van der Waals surface area contributed by atoms with E-state index < -0.39 is 11.9 Å². The van der Waals surface area contributed by atoms with E-state index in [-0.39, 0.29) is 27.9 Å².